The van der Waals surface area contributed by atoms with Gasteiger partial charge in [0.25, 0.3) is 0 Å². The molecular formula is C32H42ClNO5. The molecule has 0 N–H and O–H groups in total. The summed E-state index contributed by atoms with van der Waals surface area (Å²) in [6.07, 6.45) is 5.65. The van der Waals surface area contributed by atoms with E-state index in [-0.39, 0.29) is 12.3 Å². The van der Waals surface area contributed by atoms with E-state index in [4.69, 9.17) is 25.8 Å². The van der Waals surface area contributed by atoms with Crippen molar-refractivity contribution in [1.82, 2.24) is 0 Å². The maximum atomic E-state index is 12.8. The molecule has 2 atom stereocenters. The van der Waals surface area contributed by atoms with E-state index in [1.165, 1.54) is 37.5 Å². The third kappa shape index (κ3) is 7.47. The third-order valence-electron chi connectivity index (χ3n) is 7.65. The normalized spacial score (nSPS) is 18.3. The van der Waals surface area contributed by atoms with Crippen LogP contribution in [0.3, 0.4) is 0 Å². The van der Waals surface area contributed by atoms with Crippen LogP contribution in [0, 0.1) is 5.92 Å². The number of fused-ring (bicyclic) bond motifs is 1. The summed E-state index contributed by atoms with van der Waals surface area (Å²) in [4.78, 5) is 28.0. The quantitative estimate of drug-likeness (QED) is 0.308. The zero-order valence-electron chi connectivity index (χ0n) is 23.9. The van der Waals surface area contributed by atoms with E-state index in [0.717, 1.165) is 48.0 Å². The van der Waals surface area contributed by atoms with Crippen LogP contribution in [0.1, 0.15) is 88.3 Å². The number of carbonyl (C=O) groups is 2. The predicted molar refractivity (Wildman–Crippen MR) is 155 cm³/mol. The summed E-state index contributed by atoms with van der Waals surface area (Å²) in [7, 11) is 1.35. The lowest BCUT2D eigenvalue weighted by Crippen LogP contribution is -2.35. The number of hydrogen-bond acceptors (Lipinski definition) is 6. The Labute approximate surface area is 238 Å². The summed E-state index contributed by atoms with van der Waals surface area (Å²) in [6.45, 7) is 9.94. The molecule has 4 rings (SSSR count). The first kappa shape index (κ1) is 29.3. The molecule has 6 nitrogen and oxygen atoms in total. The molecule has 1 heterocycles. The maximum Gasteiger partial charge on any atom is 0.313 e. The molecule has 1 aliphatic heterocycles. The molecule has 2 unspecified atom stereocenters. The summed E-state index contributed by atoms with van der Waals surface area (Å²) in [5.41, 5.74) is 3.62. The largest absolute Gasteiger partial charge is 0.491 e. The van der Waals surface area contributed by atoms with Gasteiger partial charge in [-0.05, 0) is 86.9 Å². The third-order valence-corrected chi connectivity index (χ3v) is 7.89. The zero-order valence-corrected chi connectivity index (χ0v) is 24.7. The first-order valence-electron chi connectivity index (χ1n) is 14.2. The summed E-state index contributed by atoms with van der Waals surface area (Å²) in [5.74, 6) is -0.0258. The molecule has 0 aromatic heterocycles. The Hall–Kier alpha value is -2.73. The number of carbonyl (C=O) groups excluding carboxylic acids is 2. The number of rotatable bonds is 9. The second kappa shape index (κ2) is 12.6. The van der Waals surface area contributed by atoms with Crippen LogP contribution in [-0.4, -0.2) is 44.3 Å². The average Bonchev–Trinajstić information content (AvgIpc) is 3.02. The summed E-state index contributed by atoms with van der Waals surface area (Å²) in [6, 6.07) is 12.0. The molecule has 0 saturated heterocycles. The molecule has 0 spiro atoms. The van der Waals surface area contributed by atoms with Crippen molar-refractivity contribution < 1.29 is 23.8 Å². The summed E-state index contributed by atoms with van der Waals surface area (Å²) < 4.78 is 17.1. The van der Waals surface area contributed by atoms with Crippen molar-refractivity contribution in [3.8, 4) is 5.75 Å². The van der Waals surface area contributed by atoms with Crippen LogP contribution in [0.15, 0.2) is 36.4 Å². The molecule has 0 amide bonds. The standard InChI is InChI=1S/C32H42ClNO5/c1-6-8-22-15-25(33)12-13-26(22)24-19-34(18-21-9-7-10-21)28-16-23(11-14-29(28)38-20-24)27(31(36)37-5)17-30(35)39-32(2,3)4/h11-16,21,24,27H,6-10,17-20H2,1-5H3. The van der Waals surface area contributed by atoms with Crippen LogP contribution < -0.4 is 9.64 Å². The Morgan fingerprint density at radius 3 is 2.56 bits per heavy atom. The molecular weight excluding hydrogens is 514 g/mol. The molecule has 1 aliphatic carbocycles. The lowest BCUT2D eigenvalue weighted by atomic mass is 9.84. The maximum absolute atomic E-state index is 12.8. The van der Waals surface area contributed by atoms with Crippen LogP contribution in [0.5, 0.6) is 5.75 Å². The topological polar surface area (TPSA) is 65.1 Å². The summed E-state index contributed by atoms with van der Waals surface area (Å²) >= 11 is 6.36. The SMILES string of the molecule is CCCc1cc(Cl)ccc1C1COc2ccc(C(CC(=O)OC(C)(C)C)C(=O)OC)cc2N(CC2CCC2)C1. The Morgan fingerprint density at radius 1 is 1.15 bits per heavy atom. The molecule has 2 aromatic rings. The highest BCUT2D eigenvalue weighted by Crippen LogP contribution is 2.40. The van der Waals surface area contributed by atoms with Crippen LogP contribution in [-0.2, 0) is 25.5 Å². The first-order chi connectivity index (χ1) is 18.6. The van der Waals surface area contributed by atoms with Gasteiger partial charge < -0.3 is 19.1 Å². The minimum absolute atomic E-state index is 0.0833. The van der Waals surface area contributed by atoms with Gasteiger partial charge in [-0.25, -0.2) is 0 Å². The van der Waals surface area contributed by atoms with Crippen LogP contribution in [0.25, 0.3) is 0 Å². The van der Waals surface area contributed by atoms with Crippen molar-refractivity contribution >= 4 is 29.2 Å². The van der Waals surface area contributed by atoms with Gasteiger partial charge in [0.15, 0.2) is 0 Å². The molecule has 1 saturated carbocycles. The van der Waals surface area contributed by atoms with Gasteiger partial charge in [-0.3, -0.25) is 9.59 Å². The number of esters is 2. The van der Waals surface area contributed by atoms with Gasteiger partial charge in [-0.2, -0.15) is 0 Å². The molecule has 0 bridgehead atoms. The van der Waals surface area contributed by atoms with E-state index in [9.17, 15) is 9.59 Å². The second-order valence-corrected chi connectivity index (χ2v) is 12.3. The van der Waals surface area contributed by atoms with E-state index in [0.29, 0.717) is 12.5 Å². The second-order valence-electron chi connectivity index (χ2n) is 11.9. The van der Waals surface area contributed by atoms with E-state index in [2.05, 4.69) is 24.0 Å². The zero-order chi connectivity index (χ0) is 28.2. The first-order valence-corrected chi connectivity index (χ1v) is 14.6. The molecule has 0 radical (unpaired) electrons. The van der Waals surface area contributed by atoms with Gasteiger partial charge in [0.1, 0.15) is 11.4 Å². The Bertz CT molecular complexity index is 1170. The van der Waals surface area contributed by atoms with Gasteiger partial charge in [0.05, 0.1) is 31.7 Å². The monoisotopic (exact) mass is 555 g/mol. The fourth-order valence-corrected chi connectivity index (χ4v) is 5.76. The minimum Gasteiger partial charge on any atom is -0.491 e. The summed E-state index contributed by atoms with van der Waals surface area (Å²) in [5, 5.41) is 0.759. The van der Waals surface area contributed by atoms with Gasteiger partial charge >= 0.3 is 11.9 Å². The fourth-order valence-electron chi connectivity index (χ4n) is 5.56. The van der Waals surface area contributed by atoms with E-state index in [1.807, 2.05) is 45.0 Å². The number of halogens is 1. The van der Waals surface area contributed by atoms with Crippen molar-refractivity contribution in [3.63, 3.8) is 0 Å². The molecule has 2 aliphatic rings. The number of benzene rings is 2. The fraction of sp³-hybridized carbons (Fsp3) is 0.562. The Kier molecular flexibility index (Phi) is 9.47. The van der Waals surface area contributed by atoms with Crippen molar-refractivity contribution in [2.45, 2.75) is 83.7 Å². The van der Waals surface area contributed by atoms with Crippen molar-refractivity contribution in [3.05, 3.63) is 58.1 Å². The highest BCUT2D eigenvalue weighted by Gasteiger charge is 2.32. The number of ether oxygens (including phenoxy) is 3. The number of hydrogen-bond donors (Lipinski definition) is 0. The smallest absolute Gasteiger partial charge is 0.313 e. The van der Waals surface area contributed by atoms with Crippen molar-refractivity contribution in [1.29, 1.82) is 0 Å². The van der Waals surface area contributed by atoms with Crippen LogP contribution >= 0.6 is 11.6 Å². The predicted octanol–water partition coefficient (Wildman–Crippen LogP) is 7.06. The highest BCUT2D eigenvalue weighted by atomic mass is 35.5. The highest BCUT2D eigenvalue weighted by molar-refractivity contribution is 6.30. The van der Waals surface area contributed by atoms with Gasteiger partial charge in [-0.1, -0.05) is 43.5 Å². The van der Waals surface area contributed by atoms with E-state index < -0.39 is 23.5 Å². The Morgan fingerprint density at radius 2 is 1.92 bits per heavy atom. The van der Waals surface area contributed by atoms with E-state index >= 15 is 0 Å². The Balaban J connectivity index is 1.67. The molecule has 2 aromatic carbocycles. The van der Waals surface area contributed by atoms with Crippen LogP contribution in [0.4, 0.5) is 5.69 Å². The number of nitrogens with zero attached hydrogens (tertiary/aromatic N) is 1. The molecule has 7 heteroatoms. The van der Waals surface area contributed by atoms with E-state index in [1.54, 1.807) is 0 Å². The lowest BCUT2D eigenvalue weighted by Gasteiger charge is -2.35. The molecule has 39 heavy (non-hydrogen) atoms. The minimum atomic E-state index is -0.757. The average molecular weight is 556 g/mol. The molecule has 212 valence electrons. The molecule has 1 fully saturated rings. The van der Waals surface area contributed by atoms with Crippen LogP contribution in [0.2, 0.25) is 5.02 Å². The number of aryl methyl sites for hydroxylation is 1. The number of anilines is 1. The lowest BCUT2D eigenvalue weighted by molar-refractivity contribution is -0.158. The van der Waals surface area contributed by atoms with Gasteiger partial charge in [0.2, 0.25) is 0 Å². The van der Waals surface area contributed by atoms with Crippen molar-refractivity contribution in [2.75, 3.05) is 31.7 Å². The number of methoxy groups -OCH3 is 1. The van der Waals surface area contributed by atoms with Gasteiger partial charge in [0, 0.05) is 24.0 Å². The van der Waals surface area contributed by atoms with Gasteiger partial charge in [-0.15, -0.1) is 0 Å². The van der Waals surface area contributed by atoms with Crippen molar-refractivity contribution in [2.24, 2.45) is 5.92 Å².